The van der Waals surface area contributed by atoms with Gasteiger partial charge in [0.25, 0.3) is 0 Å². The molecule has 0 amide bonds. The van der Waals surface area contributed by atoms with E-state index in [1.165, 1.54) is 0 Å². The Morgan fingerprint density at radius 2 is 0.412 bits per heavy atom. The molecule has 6 aromatic rings. The van der Waals surface area contributed by atoms with Crippen LogP contribution in [0.2, 0.25) is 0 Å². The topological polar surface area (TPSA) is 180 Å². The predicted molar refractivity (Wildman–Crippen MR) is 168 cm³/mol. The number of hydrogen-bond donors (Lipinski definition) is 0. The van der Waals surface area contributed by atoms with Gasteiger partial charge in [0.15, 0.2) is 0 Å². The van der Waals surface area contributed by atoms with E-state index in [0.717, 1.165) is 0 Å². The van der Waals surface area contributed by atoms with Crippen molar-refractivity contribution in [3.8, 4) is 34.2 Å². The SMILES string of the molecule is O=C1C(=O)c2cccnc2-c2ncccc21.O=C1C(=O)c2cccnc2-c2ncccc21.O=C1C(=O)c2cccnc2-c2ncccc21.[Cl-].[Cl-].[Mn+2]. The normalized spacial score (nSPS) is 12.5. The van der Waals surface area contributed by atoms with Crippen LogP contribution in [0.1, 0.15) is 62.1 Å². The van der Waals surface area contributed by atoms with Crippen LogP contribution in [0.5, 0.6) is 0 Å². The van der Waals surface area contributed by atoms with Crippen molar-refractivity contribution >= 4 is 34.7 Å². The second kappa shape index (κ2) is 15.7. The molecule has 9 rings (SSSR count). The molecule has 3 aliphatic rings. The maximum Gasteiger partial charge on any atom is 2.00 e. The van der Waals surface area contributed by atoms with Crippen LogP contribution >= 0.6 is 0 Å². The van der Waals surface area contributed by atoms with Crippen molar-refractivity contribution < 1.29 is 70.6 Å². The molecule has 0 saturated heterocycles. The molecule has 0 fully saturated rings. The van der Waals surface area contributed by atoms with E-state index < -0.39 is 34.7 Å². The number of hydrogen-bond acceptors (Lipinski definition) is 12. The fraction of sp³-hybridized carbons (Fsp3) is 0. The number of carbonyl (C=O) groups is 6. The van der Waals surface area contributed by atoms with Gasteiger partial charge in [0.05, 0.1) is 33.4 Å². The first-order valence-corrected chi connectivity index (χ1v) is 14.3. The van der Waals surface area contributed by atoms with Crippen LogP contribution in [0.15, 0.2) is 110 Å². The Labute approximate surface area is 311 Å². The Balaban J connectivity index is 0.000000167. The molecule has 1 radical (unpaired) electrons. The van der Waals surface area contributed by atoms with E-state index in [2.05, 4.69) is 29.9 Å². The zero-order valence-electron chi connectivity index (χ0n) is 25.7. The molecule has 249 valence electrons. The molecule has 6 heterocycles. The number of halogens is 2. The van der Waals surface area contributed by atoms with Gasteiger partial charge in [-0.05, 0) is 72.8 Å². The molecule has 6 aromatic heterocycles. The second-order valence-corrected chi connectivity index (χ2v) is 10.4. The summed E-state index contributed by atoms with van der Waals surface area (Å²) in [6, 6.07) is 19.4. The first-order valence-electron chi connectivity index (χ1n) is 14.3. The molecule has 0 aliphatic heterocycles. The number of fused-ring (bicyclic) bond motifs is 9. The number of Topliss-reactive ketones (excluding diaryl/α,β-unsaturated/α-hetero) is 6. The third-order valence-electron chi connectivity index (χ3n) is 7.61. The summed E-state index contributed by atoms with van der Waals surface area (Å²) in [5.74, 6) is -3.06. The minimum Gasteiger partial charge on any atom is -1.00 e. The van der Waals surface area contributed by atoms with Gasteiger partial charge in [0, 0.05) is 37.2 Å². The summed E-state index contributed by atoms with van der Waals surface area (Å²) < 4.78 is 0. The fourth-order valence-corrected chi connectivity index (χ4v) is 5.40. The molecule has 3 aliphatic carbocycles. The van der Waals surface area contributed by atoms with Gasteiger partial charge in [-0.1, -0.05) is 0 Å². The van der Waals surface area contributed by atoms with E-state index in [4.69, 9.17) is 0 Å². The van der Waals surface area contributed by atoms with Crippen molar-refractivity contribution in [1.82, 2.24) is 29.9 Å². The Bertz CT molecular complexity index is 1980. The van der Waals surface area contributed by atoms with Gasteiger partial charge in [-0.25, -0.2) is 0 Å². The van der Waals surface area contributed by atoms with Crippen LogP contribution < -0.4 is 24.8 Å². The molecule has 0 atom stereocenters. The first kappa shape index (κ1) is 37.8. The Hall–Kier alpha value is -5.98. The van der Waals surface area contributed by atoms with Gasteiger partial charge < -0.3 is 24.8 Å². The molecule has 0 aromatic carbocycles. The van der Waals surface area contributed by atoms with Crippen LogP contribution in [0.3, 0.4) is 0 Å². The van der Waals surface area contributed by atoms with Crippen LogP contribution in [0, 0.1) is 0 Å². The second-order valence-electron chi connectivity index (χ2n) is 10.4. The first-order chi connectivity index (χ1) is 23.4. The van der Waals surface area contributed by atoms with Gasteiger partial charge in [0.1, 0.15) is 34.2 Å². The molecular weight excluding hydrogens is 738 g/mol. The summed E-state index contributed by atoms with van der Waals surface area (Å²) >= 11 is 0. The van der Waals surface area contributed by atoms with Gasteiger partial charge in [-0.3, -0.25) is 58.7 Å². The maximum absolute atomic E-state index is 11.8. The third-order valence-corrected chi connectivity index (χ3v) is 7.61. The average Bonchev–Trinajstić information content (AvgIpc) is 3.15. The van der Waals surface area contributed by atoms with E-state index in [9.17, 15) is 28.8 Å². The summed E-state index contributed by atoms with van der Waals surface area (Å²) in [4.78, 5) is 95.2. The maximum atomic E-state index is 11.8. The minimum absolute atomic E-state index is 0. The monoisotopic (exact) mass is 755 g/mol. The number of carbonyl (C=O) groups excluding carboxylic acids is 6. The van der Waals surface area contributed by atoms with Crippen LogP contribution in [-0.4, -0.2) is 64.6 Å². The fourth-order valence-electron chi connectivity index (χ4n) is 5.40. The number of aromatic nitrogens is 6. The Kier molecular flexibility index (Phi) is 11.7. The summed E-state index contributed by atoms with van der Waals surface area (Å²) in [5.41, 5.74) is 4.92. The standard InChI is InChI=1S/3C12H6N2O2.2ClH.Mn/c3*15-11-7-3-1-5-13-9(7)10-8(12(11)16)4-2-6-14-10;;;/h3*1-6H;2*1H;/q;;;;;+2/p-2. The number of rotatable bonds is 0. The summed E-state index contributed by atoms with van der Waals surface area (Å²) in [7, 11) is 0. The number of pyridine rings is 6. The van der Waals surface area contributed by atoms with Crippen LogP contribution in [0.4, 0.5) is 0 Å². The predicted octanol–water partition coefficient (Wildman–Crippen LogP) is -1.43. The van der Waals surface area contributed by atoms with Crippen LogP contribution in [0.25, 0.3) is 34.2 Å². The van der Waals surface area contributed by atoms with Crippen molar-refractivity contribution in [2.75, 3.05) is 0 Å². The molecule has 0 saturated carbocycles. The molecule has 0 bridgehead atoms. The van der Waals surface area contributed by atoms with Crippen molar-refractivity contribution in [2.24, 2.45) is 0 Å². The van der Waals surface area contributed by atoms with Gasteiger partial charge in [-0.15, -0.1) is 0 Å². The average molecular weight is 756 g/mol. The van der Waals surface area contributed by atoms with Gasteiger partial charge in [-0.2, -0.15) is 0 Å². The third kappa shape index (κ3) is 6.66. The molecular formula is C36H18Cl2MnN6O6. The largest absolute Gasteiger partial charge is 2.00 e. The molecule has 0 N–H and O–H groups in total. The van der Waals surface area contributed by atoms with E-state index in [-0.39, 0.29) is 41.9 Å². The van der Waals surface area contributed by atoms with E-state index in [0.29, 0.717) is 67.5 Å². The Morgan fingerprint density at radius 3 is 0.549 bits per heavy atom. The summed E-state index contributed by atoms with van der Waals surface area (Å²) in [5, 5.41) is 0. The molecule has 51 heavy (non-hydrogen) atoms. The Morgan fingerprint density at radius 1 is 0.275 bits per heavy atom. The smallest absolute Gasteiger partial charge is 1.00 e. The van der Waals surface area contributed by atoms with Gasteiger partial charge in [0.2, 0.25) is 34.7 Å². The zero-order valence-corrected chi connectivity index (χ0v) is 28.4. The quantitative estimate of drug-likeness (QED) is 0.131. The zero-order chi connectivity index (χ0) is 33.4. The van der Waals surface area contributed by atoms with Crippen molar-refractivity contribution in [3.63, 3.8) is 0 Å². The van der Waals surface area contributed by atoms with Crippen molar-refractivity contribution in [2.45, 2.75) is 0 Å². The number of ketones is 6. The summed E-state index contributed by atoms with van der Waals surface area (Å²) in [6.45, 7) is 0. The summed E-state index contributed by atoms with van der Waals surface area (Å²) in [6.07, 6.45) is 9.50. The van der Waals surface area contributed by atoms with E-state index in [1.54, 1.807) is 110 Å². The van der Waals surface area contributed by atoms with Crippen molar-refractivity contribution in [3.05, 3.63) is 143 Å². The molecule has 0 unspecified atom stereocenters. The minimum atomic E-state index is -0.511. The molecule has 0 spiro atoms. The van der Waals surface area contributed by atoms with E-state index in [1.807, 2.05) is 0 Å². The molecule has 15 heteroatoms. The molecule has 12 nitrogen and oxygen atoms in total. The number of nitrogens with zero attached hydrogens (tertiary/aromatic N) is 6. The van der Waals surface area contributed by atoms with Crippen molar-refractivity contribution in [1.29, 1.82) is 0 Å². The van der Waals surface area contributed by atoms with Gasteiger partial charge >= 0.3 is 17.1 Å². The van der Waals surface area contributed by atoms with E-state index >= 15 is 0 Å². The van der Waals surface area contributed by atoms with Crippen LogP contribution in [-0.2, 0) is 17.1 Å².